The Labute approximate surface area is 121 Å². The highest BCUT2D eigenvalue weighted by molar-refractivity contribution is 5.27. The van der Waals surface area contributed by atoms with Gasteiger partial charge < -0.3 is 10.1 Å². The van der Waals surface area contributed by atoms with Crippen LogP contribution in [-0.2, 0) is 4.74 Å². The standard InChI is InChI=1S/C17H22N2O/c1-3-20-13-14(2)19-17(15-9-5-4-6-10-15)16-11-7-8-12-18-16/h4-12,14,17,19H,3,13H2,1-2H3. The molecule has 0 saturated heterocycles. The number of hydrogen-bond acceptors (Lipinski definition) is 3. The van der Waals surface area contributed by atoms with E-state index in [4.69, 9.17) is 4.74 Å². The monoisotopic (exact) mass is 270 g/mol. The Morgan fingerprint density at radius 3 is 2.50 bits per heavy atom. The molecule has 0 aliphatic heterocycles. The molecule has 0 aliphatic rings. The second kappa shape index (κ2) is 7.78. The summed E-state index contributed by atoms with van der Waals surface area (Å²) < 4.78 is 5.49. The van der Waals surface area contributed by atoms with E-state index in [1.54, 1.807) is 0 Å². The predicted octanol–water partition coefficient (Wildman–Crippen LogP) is 3.19. The minimum absolute atomic E-state index is 0.0906. The van der Waals surface area contributed by atoms with Crippen molar-refractivity contribution in [1.29, 1.82) is 0 Å². The smallest absolute Gasteiger partial charge is 0.0754 e. The average Bonchev–Trinajstić information content (AvgIpc) is 2.52. The summed E-state index contributed by atoms with van der Waals surface area (Å²) in [7, 11) is 0. The van der Waals surface area contributed by atoms with Gasteiger partial charge in [-0.05, 0) is 31.5 Å². The molecule has 3 nitrogen and oxygen atoms in total. The van der Waals surface area contributed by atoms with Crippen molar-refractivity contribution in [3.63, 3.8) is 0 Å². The molecule has 2 aromatic rings. The second-order valence-electron chi connectivity index (χ2n) is 4.83. The van der Waals surface area contributed by atoms with Crippen molar-refractivity contribution < 1.29 is 4.74 Å². The molecular formula is C17H22N2O. The number of ether oxygens (including phenoxy) is 1. The van der Waals surface area contributed by atoms with Gasteiger partial charge in [0.1, 0.15) is 0 Å². The molecule has 1 aromatic carbocycles. The summed E-state index contributed by atoms with van der Waals surface area (Å²) in [6.45, 7) is 5.59. The molecule has 0 fully saturated rings. The summed E-state index contributed by atoms with van der Waals surface area (Å²) >= 11 is 0. The molecule has 0 amide bonds. The fraction of sp³-hybridized carbons (Fsp3) is 0.353. The maximum absolute atomic E-state index is 5.49. The molecule has 1 aromatic heterocycles. The Hall–Kier alpha value is -1.71. The number of pyridine rings is 1. The third-order valence-corrected chi connectivity index (χ3v) is 3.14. The Bertz CT molecular complexity index is 447. The van der Waals surface area contributed by atoms with E-state index in [2.05, 4.69) is 47.6 Å². The highest BCUT2D eigenvalue weighted by Gasteiger charge is 2.17. The van der Waals surface area contributed by atoms with Gasteiger partial charge in [0.2, 0.25) is 0 Å². The van der Waals surface area contributed by atoms with Crippen molar-refractivity contribution in [2.24, 2.45) is 0 Å². The molecule has 2 atom stereocenters. The number of nitrogens with one attached hydrogen (secondary N) is 1. The van der Waals surface area contributed by atoms with E-state index in [9.17, 15) is 0 Å². The molecular weight excluding hydrogens is 248 g/mol. The molecule has 3 heteroatoms. The highest BCUT2D eigenvalue weighted by Crippen LogP contribution is 2.20. The van der Waals surface area contributed by atoms with Crippen LogP contribution in [0.5, 0.6) is 0 Å². The van der Waals surface area contributed by atoms with Gasteiger partial charge in [-0.15, -0.1) is 0 Å². The zero-order chi connectivity index (χ0) is 14.2. The van der Waals surface area contributed by atoms with Crippen LogP contribution in [0.4, 0.5) is 0 Å². The first-order valence-electron chi connectivity index (χ1n) is 7.11. The number of rotatable bonds is 7. The molecule has 1 heterocycles. The van der Waals surface area contributed by atoms with E-state index in [0.717, 1.165) is 12.3 Å². The lowest BCUT2D eigenvalue weighted by molar-refractivity contribution is 0.125. The zero-order valence-corrected chi connectivity index (χ0v) is 12.1. The number of aromatic nitrogens is 1. The van der Waals surface area contributed by atoms with Gasteiger partial charge in [0.05, 0.1) is 18.3 Å². The van der Waals surface area contributed by atoms with Gasteiger partial charge in [0.15, 0.2) is 0 Å². The van der Waals surface area contributed by atoms with Gasteiger partial charge in [0.25, 0.3) is 0 Å². The van der Waals surface area contributed by atoms with Crippen molar-refractivity contribution in [3.05, 3.63) is 66.0 Å². The summed E-state index contributed by atoms with van der Waals surface area (Å²) in [5.41, 5.74) is 2.25. The van der Waals surface area contributed by atoms with Crippen LogP contribution < -0.4 is 5.32 Å². The van der Waals surface area contributed by atoms with Crippen molar-refractivity contribution in [2.75, 3.05) is 13.2 Å². The number of benzene rings is 1. The molecule has 2 unspecified atom stereocenters. The molecule has 106 valence electrons. The van der Waals surface area contributed by atoms with Crippen molar-refractivity contribution in [3.8, 4) is 0 Å². The summed E-state index contributed by atoms with van der Waals surface area (Å²) in [6, 6.07) is 16.8. The summed E-state index contributed by atoms with van der Waals surface area (Å²) in [4.78, 5) is 4.49. The van der Waals surface area contributed by atoms with E-state index in [0.29, 0.717) is 6.61 Å². The van der Waals surface area contributed by atoms with Crippen LogP contribution in [0.15, 0.2) is 54.7 Å². The summed E-state index contributed by atoms with van der Waals surface area (Å²) in [5.74, 6) is 0. The van der Waals surface area contributed by atoms with Crippen LogP contribution in [-0.4, -0.2) is 24.2 Å². The molecule has 0 radical (unpaired) electrons. The van der Waals surface area contributed by atoms with Crippen molar-refractivity contribution in [1.82, 2.24) is 10.3 Å². The van der Waals surface area contributed by atoms with Gasteiger partial charge >= 0.3 is 0 Å². The van der Waals surface area contributed by atoms with Crippen molar-refractivity contribution >= 4 is 0 Å². The average molecular weight is 270 g/mol. The van der Waals surface area contributed by atoms with Crippen LogP contribution in [0, 0.1) is 0 Å². The van der Waals surface area contributed by atoms with E-state index < -0.39 is 0 Å². The van der Waals surface area contributed by atoms with Crippen molar-refractivity contribution in [2.45, 2.75) is 25.9 Å². The SMILES string of the molecule is CCOCC(C)NC(c1ccccc1)c1ccccn1. The number of nitrogens with zero attached hydrogens (tertiary/aromatic N) is 1. The van der Waals surface area contributed by atoms with E-state index in [1.807, 2.05) is 31.3 Å². The molecule has 0 saturated carbocycles. The topological polar surface area (TPSA) is 34.1 Å². The minimum atomic E-state index is 0.0906. The maximum Gasteiger partial charge on any atom is 0.0754 e. The summed E-state index contributed by atoms with van der Waals surface area (Å²) in [6.07, 6.45) is 1.83. The Kier molecular flexibility index (Phi) is 5.71. The van der Waals surface area contributed by atoms with E-state index in [1.165, 1.54) is 5.56 Å². The fourth-order valence-electron chi connectivity index (χ4n) is 2.17. The highest BCUT2D eigenvalue weighted by atomic mass is 16.5. The van der Waals surface area contributed by atoms with Gasteiger partial charge in [-0.2, -0.15) is 0 Å². The van der Waals surface area contributed by atoms with Gasteiger partial charge in [-0.1, -0.05) is 36.4 Å². The first-order chi connectivity index (χ1) is 9.81. The second-order valence-corrected chi connectivity index (χ2v) is 4.83. The maximum atomic E-state index is 5.49. The Morgan fingerprint density at radius 1 is 1.10 bits per heavy atom. The molecule has 20 heavy (non-hydrogen) atoms. The molecule has 0 bridgehead atoms. The normalized spacial score (nSPS) is 13.9. The van der Waals surface area contributed by atoms with Crippen LogP contribution in [0.25, 0.3) is 0 Å². The summed E-state index contributed by atoms with van der Waals surface area (Å²) in [5, 5.41) is 3.60. The van der Waals surface area contributed by atoms with Crippen LogP contribution in [0.1, 0.15) is 31.1 Å². The fourth-order valence-corrected chi connectivity index (χ4v) is 2.17. The Morgan fingerprint density at radius 2 is 1.85 bits per heavy atom. The van der Waals surface area contributed by atoms with Crippen LogP contribution in [0.3, 0.4) is 0 Å². The zero-order valence-electron chi connectivity index (χ0n) is 12.1. The van der Waals surface area contributed by atoms with E-state index in [-0.39, 0.29) is 12.1 Å². The lowest BCUT2D eigenvalue weighted by atomic mass is 10.0. The Balaban J connectivity index is 2.17. The first kappa shape index (κ1) is 14.7. The third-order valence-electron chi connectivity index (χ3n) is 3.14. The molecule has 1 N–H and O–H groups in total. The van der Waals surface area contributed by atoms with Crippen LogP contribution in [0.2, 0.25) is 0 Å². The quantitative estimate of drug-likeness (QED) is 0.839. The largest absolute Gasteiger partial charge is 0.380 e. The van der Waals surface area contributed by atoms with Gasteiger partial charge in [0, 0.05) is 18.8 Å². The first-order valence-corrected chi connectivity index (χ1v) is 7.11. The minimum Gasteiger partial charge on any atom is -0.380 e. The van der Waals surface area contributed by atoms with Gasteiger partial charge in [-0.3, -0.25) is 4.98 Å². The van der Waals surface area contributed by atoms with Crippen LogP contribution >= 0.6 is 0 Å². The van der Waals surface area contributed by atoms with E-state index >= 15 is 0 Å². The molecule has 0 aliphatic carbocycles. The lowest BCUT2D eigenvalue weighted by Crippen LogP contribution is -2.35. The molecule has 2 rings (SSSR count). The number of hydrogen-bond donors (Lipinski definition) is 1. The van der Waals surface area contributed by atoms with Gasteiger partial charge in [-0.25, -0.2) is 0 Å². The lowest BCUT2D eigenvalue weighted by Gasteiger charge is -2.23. The third kappa shape index (κ3) is 4.15. The molecule has 0 spiro atoms. The predicted molar refractivity (Wildman–Crippen MR) is 81.6 cm³/mol.